The molecule has 0 amide bonds. The second-order valence-corrected chi connectivity index (χ2v) is 7.41. The van der Waals surface area contributed by atoms with Crippen molar-refractivity contribution in [1.82, 2.24) is 0 Å². The monoisotopic (exact) mass is 270 g/mol. The normalized spacial score (nSPS) is 44.5. The van der Waals surface area contributed by atoms with E-state index in [1.165, 1.54) is 12.0 Å². The molecule has 1 fully saturated rings. The third kappa shape index (κ3) is 1.65. The van der Waals surface area contributed by atoms with Crippen LogP contribution in [0.15, 0.2) is 36.0 Å². The molecule has 20 heavy (non-hydrogen) atoms. The lowest BCUT2D eigenvalue weighted by molar-refractivity contribution is -0.132. The summed E-state index contributed by atoms with van der Waals surface area (Å²) in [5.74, 6) is 1.43. The molecule has 0 N–H and O–H groups in total. The Balaban J connectivity index is 2.19. The van der Waals surface area contributed by atoms with E-state index in [4.69, 9.17) is 0 Å². The summed E-state index contributed by atoms with van der Waals surface area (Å²) in [5.41, 5.74) is 1.65. The summed E-state index contributed by atoms with van der Waals surface area (Å²) in [5, 5.41) is 0. The molecule has 0 spiro atoms. The van der Waals surface area contributed by atoms with Crippen LogP contribution in [0.1, 0.15) is 47.0 Å². The molecule has 2 bridgehead atoms. The third-order valence-corrected chi connectivity index (χ3v) is 6.11. The minimum atomic E-state index is 0.0805. The van der Waals surface area contributed by atoms with Crippen LogP contribution in [0.3, 0.4) is 0 Å². The Bertz CT molecular complexity index is 522. The zero-order chi connectivity index (χ0) is 14.5. The quantitative estimate of drug-likeness (QED) is 0.664. The molecule has 0 aromatic carbocycles. The molecule has 0 aromatic heterocycles. The van der Waals surface area contributed by atoms with Gasteiger partial charge in [-0.1, -0.05) is 52.0 Å². The summed E-state index contributed by atoms with van der Waals surface area (Å²) in [6, 6.07) is 0. The van der Waals surface area contributed by atoms with Crippen molar-refractivity contribution in [1.29, 1.82) is 0 Å². The van der Waals surface area contributed by atoms with Crippen molar-refractivity contribution in [3.05, 3.63) is 36.0 Å². The molecule has 4 aliphatic rings. The van der Waals surface area contributed by atoms with E-state index in [0.717, 1.165) is 12.8 Å². The molecular weight excluding hydrogens is 244 g/mol. The van der Waals surface area contributed by atoms with E-state index in [1.54, 1.807) is 0 Å². The van der Waals surface area contributed by atoms with Crippen LogP contribution in [0.5, 0.6) is 0 Å². The van der Waals surface area contributed by atoms with Gasteiger partial charge in [0.15, 0.2) is 5.78 Å². The highest BCUT2D eigenvalue weighted by atomic mass is 16.1. The topological polar surface area (TPSA) is 17.1 Å². The molecule has 1 nitrogen and oxygen atoms in total. The number of allylic oxidation sites excluding steroid dienone is 6. The minimum absolute atomic E-state index is 0.0805. The highest BCUT2D eigenvalue weighted by molar-refractivity contribution is 5.95. The molecule has 0 aromatic rings. The van der Waals surface area contributed by atoms with Gasteiger partial charge in [-0.25, -0.2) is 0 Å². The van der Waals surface area contributed by atoms with Crippen molar-refractivity contribution in [2.24, 2.45) is 28.6 Å². The van der Waals surface area contributed by atoms with Crippen LogP contribution in [0, 0.1) is 28.6 Å². The van der Waals surface area contributed by atoms with Gasteiger partial charge in [0.25, 0.3) is 0 Å². The van der Waals surface area contributed by atoms with Gasteiger partial charge < -0.3 is 0 Å². The second-order valence-electron chi connectivity index (χ2n) is 7.41. The van der Waals surface area contributed by atoms with Crippen LogP contribution in [0.4, 0.5) is 0 Å². The molecule has 4 unspecified atom stereocenters. The Morgan fingerprint density at radius 3 is 2.55 bits per heavy atom. The Morgan fingerprint density at radius 1 is 1.25 bits per heavy atom. The van der Waals surface area contributed by atoms with E-state index in [0.29, 0.717) is 17.6 Å². The van der Waals surface area contributed by atoms with Gasteiger partial charge in [0.1, 0.15) is 0 Å². The number of carbonyl (C=O) groups excluding carboxylic acids is 1. The van der Waals surface area contributed by atoms with E-state index in [-0.39, 0.29) is 16.7 Å². The van der Waals surface area contributed by atoms with Crippen molar-refractivity contribution < 1.29 is 4.79 Å². The van der Waals surface area contributed by atoms with Crippen LogP contribution in [0.25, 0.3) is 0 Å². The Hall–Kier alpha value is -1.11. The molecule has 4 rings (SSSR count). The summed E-state index contributed by atoms with van der Waals surface area (Å²) < 4.78 is 0. The first-order valence-electron chi connectivity index (χ1n) is 8.07. The van der Waals surface area contributed by atoms with Gasteiger partial charge in [0.2, 0.25) is 0 Å². The average Bonchev–Trinajstić information content (AvgIpc) is 2.42. The lowest BCUT2D eigenvalue weighted by atomic mass is 9.43. The van der Waals surface area contributed by atoms with Gasteiger partial charge in [0.05, 0.1) is 0 Å². The lowest BCUT2D eigenvalue weighted by Crippen LogP contribution is -2.56. The first kappa shape index (κ1) is 13.9. The molecule has 108 valence electrons. The molecule has 0 saturated heterocycles. The first-order chi connectivity index (χ1) is 9.44. The molecular formula is C19H26O. The van der Waals surface area contributed by atoms with Crippen molar-refractivity contribution in [3.8, 4) is 0 Å². The van der Waals surface area contributed by atoms with Gasteiger partial charge in [-0.2, -0.15) is 0 Å². The van der Waals surface area contributed by atoms with Crippen LogP contribution >= 0.6 is 0 Å². The first-order valence-corrected chi connectivity index (χ1v) is 8.07. The van der Waals surface area contributed by atoms with Gasteiger partial charge in [-0.15, -0.1) is 0 Å². The zero-order valence-corrected chi connectivity index (χ0v) is 13.1. The second kappa shape index (κ2) is 4.44. The predicted molar refractivity (Wildman–Crippen MR) is 83.3 cm³/mol. The van der Waals surface area contributed by atoms with Gasteiger partial charge in [-0.3, -0.25) is 4.79 Å². The molecule has 1 heteroatoms. The van der Waals surface area contributed by atoms with Crippen molar-refractivity contribution in [2.45, 2.75) is 47.0 Å². The molecule has 1 saturated carbocycles. The number of rotatable bonds is 2. The highest BCUT2D eigenvalue weighted by Crippen LogP contribution is 2.64. The summed E-state index contributed by atoms with van der Waals surface area (Å²) in [4.78, 5) is 12.7. The van der Waals surface area contributed by atoms with Gasteiger partial charge in [-0.05, 0) is 42.2 Å². The summed E-state index contributed by atoms with van der Waals surface area (Å²) in [6.45, 7) is 9.10. The lowest BCUT2D eigenvalue weighted by Gasteiger charge is -2.60. The SMILES string of the molecule is CCC=C1C=CC(=O)C2C1C1(C)C=CC2(C(C)C)CC1. The maximum Gasteiger partial charge on any atom is 0.160 e. The summed E-state index contributed by atoms with van der Waals surface area (Å²) in [6.07, 6.45) is 14.5. The fraction of sp³-hybridized carbons (Fsp3) is 0.632. The van der Waals surface area contributed by atoms with Gasteiger partial charge in [0, 0.05) is 17.3 Å². The fourth-order valence-corrected chi connectivity index (χ4v) is 4.87. The summed E-state index contributed by atoms with van der Waals surface area (Å²) >= 11 is 0. The Morgan fingerprint density at radius 2 is 2.00 bits per heavy atom. The summed E-state index contributed by atoms with van der Waals surface area (Å²) in [7, 11) is 0. The van der Waals surface area contributed by atoms with E-state index in [1.807, 2.05) is 6.08 Å². The van der Waals surface area contributed by atoms with Crippen LogP contribution in [-0.2, 0) is 4.79 Å². The van der Waals surface area contributed by atoms with E-state index >= 15 is 0 Å². The van der Waals surface area contributed by atoms with Crippen molar-refractivity contribution in [3.63, 3.8) is 0 Å². The van der Waals surface area contributed by atoms with Crippen LogP contribution in [-0.4, -0.2) is 5.78 Å². The standard InChI is InChI=1S/C19H26O/c1-5-6-14-7-8-15(20)17-16(14)18(4)9-11-19(17,12-10-18)13(2)3/h6-9,11,13,16-17H,5,10,12H2,1-4H3. The number of fused-ring (bicyclic) bond motifs is 1. The largest absolute Gasteiger partial charge is 0.294 e. The average molecular weight is 270 g/mol. The smallest absolute Gasteiger partial charge is 0.160 e. The van der Waals surface area contributed by atoms with E-state index < -0.39 is 0 Å². The van der Waals surface area contributed by atoms with Crippen molar-refractivity contribution in [2.75, 3.05) is 0 Å². The van der Waals surface area contributed by atoms with E-state index in [2.05, 4.69) is 52.0 Å². The maximum absolute atomic E-state index is 12.7. The zero-order valence-electron chi connectivity index (χ0n) is 13.1. The molecule has 0 heterocycles. The molecule has 4 aliphatic carbocycles. The highest BCUT2D eigenvalue weighted by Gasteiger charge is 2.59. The predicted octanol–water partition coefficient (Wildman–Crippen LogP) is 4.71. The third-order valence-electron chi connectivity index (χ3n) is 6.11. The Labute approximate surface area is 122 Å². The molecule has 0 radical (unpaired) electrons. The van der Waals surface area contributed by atoms with Crippen molar-refractivity contribution >= 4 is 5.78 Å². The number of ketones is 1. The Kier molecular flexibility index (Phi) is 3.08. The fourth-order valence-electron chi connectivity index (χ4n) is 4.87. The number of hydrogen-bond donors (Lipinski definition) is 0. The maximum atomic E-state index is 12.7. The molecule has 0 aliphatic heterocycles. The number of carbonyl (C=O) groups is 1. The van der Waals surface area contributed by atoms with Crippen LogP contribution in [0.2, 0.25) is 0 Å². The van der Waals surface area contributed by atoms with Crippen LogP contribution < -0.4 is 0 Å². The van der Waals surface area contributed by atoms with E-state index in [9.17, 15) is 4.79 Å². The van der Waals surface area contributed by atoms with Gasteiger partial charge >= 0.3 is 0 Å². The molecule has 4 atom stereocenters. The number of hydrogen-bond acceptors (Lipinski definition) is 1. The minimum Gasteiger partial charge on any atom is -0.294 e.